The standard InChI is InChI=1S/C16H24N2O2/c1-2-9-20-10-3-7-18-16(19)14-5-4-13-6-8-17-12-15(13)11-14/h4-5,11,17H,2-3,6-10,12H2,1H3,(H,18,19). The third-order valence-electron chi connectivity index (χ3n) is 3.45. The van der Waals surface area contributed by atoms with Crippen molar-refractivity contribution >= 4 is 5.91 Å². The lowest BCUT2D eigenvalue weighted by Crippen LogP contribution is -2.27. The molecule has 20 heavy (non-hydrogen) atoms. The van der Waals surface area contributed by atoms with E-state index < -0.39 is 0 Å². The van der Waals surface area contributed by atoms with Crippen molar-refractivity contribution in [2.45, 2.75) is 32.7 Å². The second-order valence-corrected chi connectivity index (χ2v) is 5.13. The molecule has 0 bridgehead atoms. The molecule has 1 aliphatic heterocycles. The summed E-state index contributed by atoms with van der Waals surface area (Å²) >= 11 is 0. The third kappa shape index (κ3) is 4.32. The van der Waals surface area contributed by atoms with Crippen molar-refractivity contribution in [1.29, 1.82) is 0 Å². The molecule has 1 aromatic rings. The largest absolute Gasteiger partial charge is 0.381 e. The van der Waals surface area contributed by atoms with Gasteiger partial charge in [-0.25, -0.2) is 0 Å². The zero-order valence-electron chi connectivity index (χ0n) is 12.2. The normalized spacial score (nSPS) is 13.8. The highest BCUT2D eigenvalue weighted by molar-refractivity contribution is 5.94. The van der Waals surface area contributed by atoms with Gasteiger partial charge in [0.05, 0.1) is 0 Å². The van der Waals surface area contributed by atoms with Gasteiger partial charge in [-0.2, -0.15) is 0 Å². The summed E-state index contributed by atoms with van der Waals surface area (Å²) in [6.45, 7) is 6.15. The highest BCUT2D eigenvalue weighted by Crippen LogP contribution is 2.15. The van der Waals surface area contributed by atoms with Crippen LogP contribution < -0.4 is 10.6 Å². The topological polar surface area (TPSA) is 50.4 Å². The highest BCUT2D eigenvalue weighted by Gasteiger charge is 2.12. The molecule has 0 aromatic heterocycles. The number of benzene rings is 1. The molecule has 1 aromatic carbocycles. The van der Waals surface area contributed by atoms with E-state index in [-0.39, 0.29) is 5.91 Å². The molecular weight excluding hydrogens is 252 g/mol. The Hall–Kier alpha value is -1.39. The van der Waals surface area contributed by atoms with E-state index in [1.807, 2.05) is 12.1 Å². The number of carbonyl (C=O) groups excluding carboxylic acids is 1. The Kier molecular flexibility index (Phi) is 6.02. The van der Waals surface area contributed by atoms with Crippen LogP contribution in [0.5, 0.6) is 0 Å². The number of carbonyl (C=O) groups is 1. The van der Waals surface area contributed by atoms with Crippen molar-refractivity contribution < 1.29 is 9.53 Å². The number of fused-ring (bicyclic) bond motifs is 1. The number of ether oxygens (including phenoxy) is 1. The van der Waals surface area contributed by atoms with Crippen molar-refractivity contribution in [1.82, 2.24) is 10.6 Å². The predicted octanol–water partition coefficient (Wildman–Crippen LogP) is 1.88. The molecule has 4 heteroatoms. The van der Waals surface area contributed by atoms with E-state index in [0.29, 0.717) is 13.2 Å². The molecule has 0 saturated heterocycles. The Morgan fingerprint density at radius 3 is 3.10 bits per heavy atom. The number of hydrogen-bond acceptors (Lipinski definition) is 3. The summed E-state index contributed by atoms with van der Waals surface area (Å²) in [6.07, 6.45) is 2.94. The molecule has 0 unspecified atom stereocenters. The quantitative estimate of drug-likeness (QED) is 0.748. The van der Waals surface area contributed by atoms with Crippen LogP contribution in [0.3, 0.4) is 0 Å². The van der Waals surface area contributed by atoms with Crippen LogP contribution >= 0.6 is 0 Å². The van der Waals surface area contributed by atoms with Gasteiger partial charge in [-0.1, -0.05) is 13.0 Å². The van der Waals surface area contributed by atoms with Crippen LogP contribution in [0.25, 0.3) is 0 Å². The average Bonchev–Trinajstić information content (AvgIpc) is 2.50. The molecule has 0 atom stereocenters. The third-order valence-corrected chi connectivity index (χ3v) is 3.45. The van der Waals surface area contributed by atoms with Gasteiger partial charge in [0.25, 0.3) is 5.91 Å². The fraction of sp³-hybridized carbons (Fsp3) is 0.562. The lowest BCUT2D eigenvalue weighted by atomic mass is 9.98. The molecule has 110 valence electrons. The van der Waals surface area contributed by atoms with Crippen LogP contribution in [0.4, 0.5) is 0 Å². The maximum Gasteiger partial charge on any atom is 0.251 e. The molecule has 0 aliphatic carbocycles. The van der Waals surface area contributed by atoms with Gasteiger partial charge in [0, 0.05) is 31.9 Å². The van der Waals surface area contributed by atoms with E-state index >= 15 is 0 Å². The average molecular weight is 276 g/mol. The first-order chi connectivity index (χ1) is 9.81. The number of amides is 1. The summed E-state index contributed by atoms with van der Waals surface area (Å²) in [5.74, 6) is 0.00821. The zero-order chi connectivity index (χ0) is 14.2. The minimum atomic E-state index is 0.00821. The zero-order valence-corrected chi connectivity index (χ0v) is 12.2. The number of nitrogens with one attached hydrogen (secondary N) is 2. The lowest BCUT2D eigenvalue weighted by Gasteiger charge is -2.17. The molecule has 2 N–H and O–H groups in total. The van der Waals surface area contributed by atoms with E-state index in [4.69, 9.17) is 4.74 Å². The first kappa shape index (κ1) is 15.0. The first-order valence-electron chi connectivity index (χ1n) is 7.49. The van der Waals surface area contributed by atoms with Gasteiger partial charge in [-0.05, 0) is 49.1 Å². The lowest BCUT2D eigenvalue weighted by molar-refractivity contribution is 0.0941. The Labute approximate surface area is 120 Å². The molecule has 1 amide bonds. The summed E-state index contributed by atoms with van der Waals surface area (Å²) < 4.78 is 5.39. The minimum Gasteiger partial charge on any atom is -0.381 e. The fourth-order valence-corrected chi connectivity index (χ4v) is 2.35. The van der Waals surface area contributed by atoms with E-state index in [1.165, 1.54) is 11.1 Å². The van der Waals surface area contributed by atoms with Crippen LogP contribution in [0.15, 0.2) is 18.2 Å². The smallest absolute Gasteiger partial charge is 0.251 e. The SMILES string of the molecule is CCCOCCCNC(=O)c1ccc2c(c1)CNCC2. The van der Waals surface area contributed by atoms with Crippen LogP contribution in [0, 0.1) is 0 Å². The molecule has 0 spiro atoms. The van der Waals surface area contributed by atoms with Crippen molar-refractivity contribution in [3.05, 3.63) is 34.9 Å². The monoisotopic (exact) mass is 276 g/mol. The second-order valence-electron chi connectivity index (χ2n) is 5.13. The van der Waals surface area contributed by atoms with Gasteiger partial charge < -0.3 is 15.4 Å². The maximum atomic E-state index is 12.0. The van der Waals surface area contributed by atoms with Gasteiger partial charge >= 0.3 is 0 Å². The van der Waals surface area contributed by atoms with E-state index in [1.54, 1.807) is 0 Å². The Morgan fingerprint density at radius 2 is 2.25 bits per heavy atom. The van der Waals surface area contributed by atoms with Crippen LogP contribution in [0.1, 0.15) is 41.3 Å². The summed E-state index contributed by atoms with van der Waals surface area (Å²) in [7, 11) is 0. The first-order valence-corrected chi connectivity index (χ1v) is 7.49. The molecule has 4 nitrogen and oxygen atoms in total. The number of rotatable bonds is 7. The summed E-state index contributed by atoms with van der Waals surface area (Å²) in [4.78, 5) is 12.0. The molecule has 0 fully saturated rings. The summed E-state index contributed by atoms with van der Waals surface area (Å²) in [5.41, 5.74) is 3.35. The molecule has 2 rings (SSSR count). The van der Waals surface area contributed by atoms with Crippen LogP contribution in [-0.2, 0) is 17.7 Å². The van der Waals surface area contributed by atoms with Gasteiger partial charge in [-0.15, -0.1) is 0 Å². The molecular formula is C16H24N2O2. The van der Waals surface area contributed by atoms with Crippen LogP contribution in [-0.4, -0.2) is 32.2 Å². The Balaban J connectivity index is 1.77. The van der Waals surface area contributed by atoms with Crippen molar-refractivity contribution in [3.8, 4) is 0 Å². The minimum absolute atomic E-state index is 0.00821. The van der Waals surface area contributed by atoms with Crippen LogP contribution in [0.2, 0.25) is 0 Å². The fourth-order valence-electron chi connectivity index (χ4n) is 2.35. The van der Waals surface area contributed by atoms with Crippen molar-refractivity contribution in [2.24, 2.45) is 0 Å². The Bertz CT molecular complexity index is 446. The summed E-state index contributed by atoms with van der Waals surface area (Å²) in [5, 5.41) is 6.27. The number of hydrogen-bond donors (Lipinski definition) is 2. The maximum absolute atomic E-state index is 12.0. The van der Waals surface area contributed by atoms with Gasteiger partial charge in [0.2, 0.25) is 0 Å². The highest BCUT2D eigenvalue weighted by atomic mass is 16.5. The van der Waals surface area contributed by atoms with E-state index in [0.717, 1.165) is 44.5 Å². The molecule has 1 heterocycles. The Morgan fingerprint density at radius 1 is 1.35 bits per heavy atom. The van der Waals surface area contributed by atoms with E-state index in [2.05, 4.69) is 23.6 Å². The molecule has 1 aliphatic rings. The summed E-state index contributed by atoms with van der Waals surface area (Å²) in [6, 6.07) is 6.01. The van der Waals surface area contributed by atoms with Gasteiger partial charge in [-0.3, -0.25) is 4.79 Å². The molecule has 0 radical (unpaired) electrons. The predicted molar refractivity (Wildman–Crippen MR) is 79.9 cm³/mol. The van der Waals surface area contributed by atoms with Crippen molar-refractivity contribution in [3.63, 3.8) is 0 Å². The van der Waals surface area contributed by atoms with E-state index in [9.17, 15) is 4.79 Å². The second kappa shape index (κ2) is 8.02. The van der Waals surface area contributed by atoms with Gasteiger partial charge in [0.15, 0.2) is 0 Å². The van der Waals surface area contributed by atoms with Crippen molar-refractivity contribution in [2.75, 3.05) is 26.3 Å². The van der Waals surface area contributed by atoms with Gasteiger partial charge in [0.1, 0.15) is 0 Å². The molecule has 0 saturated carbocycles.